The molecular weight excluding hydrogens is 306 g/mol. The first kappa shape index (κ1) is 16.7. The summed E-state index contributed by atoms with van der Waals surface area (Å²) in [5.41, 5.74) is 1.37. The van der Waals surface area contributed by atoms with Crippen LogP contribution < -0.4 is 0 Å². The minimum absolute atomic E-state index is 0.00714. The molecule has 1 aliphatic rings. The lowest BCUT2D eigenvalue weighted by Gasteiger charge is -2.42. The van der Waals surface area contributed by atoms with Gasteiger partial charge in [0.1, 0.15) is 12.1 Å². The van der Waals surface area contributed by atoms with Crippen LogP contribution in [0.2, 0.25) is 0 Å². The van der Waals surface area contributed by atoms with Crippen LogP contribution in [0.15, 0.2) is 42.7 Å². The van der Waals surface area contributed by atoms with Gasteiger partial charge in [0.2, 0.25) is 5.91 Å². The summed E-state index contributed by atoms with van der Waals surface area (Å²) in [7, 11) is 0. The highest BCUT2D eigenvalue weighted by Gasteiger charge is 2.38. The molecule has 128 valence electrons. The SMILES string of the molecule is Cc1cnn(CC(=O)N2CCO[C@](CO)(Cc3ccccc3)C2)c1. The monoisotopic (exact) mass is 329 g/mol. The zero-order valence-electron chi connectivity index (χ0n) is 13.9. The average molecular weight is 329 g/mol. The molecule has 2 aromatic rings. The summed E-state index contributed by atoms with van der Waals surface area (Å²) in [6.07, 6.45) is 4.16. The Morgan fingerprint density at radius 3 is 2.83 bits per heavy atom. The summed E-state index contributed by atoms with van der Waals surface area (Å²) in [5.74, 6) is -0.00714. The Hall–Kier alpha value is -2.18. The summed E-state index contributed by atoms with van der Waals surface area (Å²) < 4.78 is 7.53. The van der Waals surface area contributed by atoms with Gasteiger partial charge in [0, 0.05) is 19.2 Å². The summed E-state index contributed by atoms with van der Waals surface area (Å²) >= 11 is 0. The van der Waals surface area contributed by atoms with Crippen molar-refractivity contribution < 1.29 is 14.6 Å². The summed E-state index contributed by atoms with van der Waals surface area (Å²) in [6.45, 7) is 3.39. The van der Waals surface area contributed by atoms with Crippen LogP contribution in [-0.2, 0) is 22.5 Å². The van der Waals surface area contributed by atoms with Crippen molar-refractivity contribution in [3.05, 3.63) is 53.9 Å². The molecule has 0 aliphatic carbocycles. The number of rotatable bonds is 5. The number of aryl methyl sites for hydroxylation is 1. The lowest BCUT2D eigenvalue weighted by molar-refractivity contribution is -0.158. The third kappa shape index (κ3) is 3.83. The van der Waals surface area contributed by atoms with Gasteiger partial charge in [-0.3, -0.25) is 9.48 Å². The maximum Gasteiger partial charge on any atom is 0.244 e. The van der Waals surface area contributed by atoms with E-state index in [4.69, 9.17) is 4.74 Å². The number of nitrogens with zero attached hydrogens (tertiary/aromatic N) is 3. The smallest absolute Gasteiger partial charge is 0.244 e. The minimum Gasteiger partial charge on any atom is -0.393 e. The number of aliphatic hydroxyl groups is 1. The predicted octanol–water partition coefficient (Wildman–Crippen LogP) is 1.02. The number of morpholine rings is 1. The first-order chi connectivity index (χ1) is 11.6. The van der Waals surface area contributed by atoms with Crippen molar-refractivity contribution in [1.82, 2.24) is 14.7 Å². The van der Waals surface area contributed by atoms with E-state index in [2.05, 4.69) is 5.10 Å². The van der Waals surface area contributed by atoms with E-state index in [1.54, 1.807) is 15.8 Å². The largest absolute Gasteiger partial charge is 0.393 e. The number of amides is 1. The molecule has 2 heterocycles. The van der Waals surface area contributed by atoms with Crippen molar-refractivity contribution in [3.63, 3.8) is 0 Å². The highest BCUT2D eigenvalue weighted by molar-refractivity contribution is 5.76. The van der Waals surface area contributed by atoms with Gasteiger partial charge in [-0.05, 0) is 18.1 Å². The quantitative estimate of drug-likeness (QED) is 0.889. The number of aromatic nitrogens is 2. The lowest BCUT2D eigenvalue weighted by atomic mass is 9.93. The molecule has 1 fully saturated rings. The molecule has 3 rings (SSSR count). The first-order valence-electron chi connectivity index (χ1n) is 8.16. The van der Waals surface area contributed by atoms with Crippen molar-refractivity contribution in [1.29, 1.82) is 0 Å². The van der Waals surface area contributed by atoms with Crippen LogP contribution in [0, 0.1) is 6.92 Å². The van der Waals surface area contributed by atoms with E-state index in [-0.39, 0.29) is 19.1 Å². The second-order valence-corrected chi connectivity index (χ2v) is 6.38. The highest BCUT2D eigenvalue weighted by Crippen LogP contribution is 2.23. The van der Waals surface area contributed by atoms with Gasteiger partial charge in [-0.15, -0.1) is 0 Å². The third-order valence-electron chi connectivity index (χ3n) is 4.32. The summed E-state index contributed by atoms with van der Waals surface area (Å²) in [6, 6.07) is 9.90. The van der Waals surface area contributed by atoms with Crippen LogP contribution in [0.1, 0.15) is 11.1 Å². The van der Waals surface area contributed by atoms with Crippen LogP contribution in [0.25, 0.3) is 0 Å². The number of carbonyl (C=O) groups excluding carboxylic acids is 1. The van der Waals surface area contributed by atoms with Gasteiger partial charge in [-0.1, -0.05) is 30.3 Å². The van der Waals surface area contributed by atoms with E-state index in [0.717, 1.165) is 11.1 Å². The molecule has 0 spiro atoms. The van der Waals surface area contributed by atoms with Gasteiger partial charge in [0.05, 0.1) is 26.0 Å². The van der Waals surface area contributed by atoms with Crippen molar-refractivity contribution in [2.75, 3.05) is 26.3 Å². The minimum atomic E-state index is -0.741. The first-order valence-corrected chi connectivity index (χ1v) is 8.16. The second-order valence-electron chi connectivity index (χ2n) is 6.38. The van der Waals surface area contributed by atoms with Crippen LogP contribution in [0.3, 0.4) is 0 Å². The van der Waals surface area contributed by atoms with Crippen molar-refractivity contribution in [2.45, 2.75) is 25.5 Å². The topological polar surface area (TPSA) is 67.6 Å². The third-order valence-corrected chi connectivity index (χ3v) is 4.32. The zero-order chi connectivity index (χ0) is 17.0. The van der Waals surface area contributed by atoms with E-state index >= 15 is 0 Å². The standard InChI is InChI=1S/C18H23N3O3/c1-15-10-19-21(11-15)12-17(23)20-7-8-24-18(13-20,14-22)9-16-5-3-2-4-6-16/h2-6,10-11,22H,7-9,12-14H2,1H3/t18-/m1/s1. The van der Waals surface area contributed by atoms with E-state index in [0.29, 0.717) is 26.1 Å². The highest BCUT2D eigenvalue weighted by atomic mass is 16.5. The van der Waals surface area contributed by atoms with Gasteiger partial charge >= 0.3 is 0 Å². The number of carbonyl (C=O) groups is 1. The van der Waals surface area contributed by atoms with Crippen molar-refractivity contribution >= 4 is 5.91 Å². The van der Waals surface area contributed by atoms with Crippen LogP contribution in [-0.4, -0.2) is 57.6 Å². The fourth-order valence-electron chi connectivity index (χ4n) is 3.08. The predicted molar refractivity (Wildman–Crippen MR) is 89.5 cm³/mol. The molecule has 1 aromatic heterocycles. The second kappa shape index (κ2) is 7.15. The van der Waals surface area contributed by atoms with Gasteiger partial charge in [-0.25, -0.2) is 0 Å². The normalized spacial score (nSPS) is 21.0. The number of benzene rings is 1. The van der Waals surface area contributed by atoms with Gasteiger partial charge in [-0.2, -0.15) is 5.10 Å². The Morgan fingerprint density at radius 2 is 2.17 bits per heavy atom. The number of hydrogen-bond acceptors (Lipinski definition) is 4. The Balaban J connectivity index is 1.68. The number of aliphatic hydroxyl groups excluding tert-OH is 1. The van der Waals surface area contributed by atoms with E-state index in [1.807, 2.05) is 43.5 Å². The Kier molecular flexibility index (Phi) is 4.97. The van der Waals surface area contributed by atoms with E-state index in [1.165, 1.54) is 0 Å². The molecule has 1 aromatic carbocycles. The molecular formula is C18H23N3O3. The van der Waals surface area contributed by atoms with Gasteiger partial charge in [0.25, 0.3) is 0 Å². The van der Waals surface area contributed by atoms with E-state index < -0.39 is 5.60 Å². The molecule has 1 N–H and O–H groups in total. The molecule has 0 saturated carbocycles. The van der Waals surface area contributed by atoms with Crippen LogP contribution in [0.4, 0.5) is 0 Å². The molecule has 24 heavy (non-hydrogen) atoms. The Bertz CT molecular complexity index is 686. The Labute approximate surface area is 141 Å². The average Bonchev–Trinajstić information content (AvgIpc) is 3.01. The van der Waals surface area contributed by atoms with Crippen molar-refractivity contribution in [2.24, 2.45) is 0 Å². The number of hydrogen-bond donors (Lipinski definition) is 1. The Morgan fingerprint density at radius 1 is 1.38 bits per heavy atom. The maximum atomic E-state index is 12.6. The maximum absolute atomic E-state index is 12.6. The fourth-order valence-corrected chi connectivity index (χ4v) is 3.08. The lowest BCUT2D eigenvalue weighted by Crippen LogP contribution is -2.57. The number of ether oxygens (including phenoxy) is 1. The van der Waals surface area contributed by atoms with Crippen LogP contribution in [0.5, 0.6) is 0 Å². The molecule has 1 saturated heterocycles. The summed E-state index contributed by atoms with van der Waals surface area (Å²) in [4.78, 5) is 14.3. The summed E-state index contributed by atoms with van der Waals surface area (Å²) in [5, 5.41) is 14.1. The molecule has 6 heteroatoms. The molecule has 0 bridgehead atoms. The molecule has 1 amide bonds. The van der Waals surface area contributed by atoms with Gasteiger partial charge < -0.3 is 14.7 Å². The van der Waals surface area contributed by atoms with Crippen LogP contribution >= 0.6 is 0 Å². The fraction of sp³-hybridized carbons (Fsp3) is 0.444. The molecule has 0 radical (unpaired) electrons. The van der Waals surface area contributed by atoms with E-state index in [9.17, 15) is 9.90 Å². The molecule has 1 aliphatic heterocycles. The van der Waals surface area contributed by atoms with Crippen molar-refractivity contribution in [3.8, 4) is 0 Å². The molecule has 6 nitrogen and oxygen atoms in total. The zero-order valence-corrected chi connectivity index (χ0v) is 13.9. The molecule has 0 unspecified atom stereocenters. The molecule has 1 atom stereocenters. The van der Waals surface area contributed by atoms with Gasteiger partial charge in [0.15, 0.2) is 0 Å².